The number of hydrogen-bond acceptors (Lipinski definition) is 2. The second-order valence-electron chi connectivity index (χ2n) is 0.632. The molecule has 0 atom stereocenters. The average Bonchev–Trinajstić information content (AvgIpc) is 1.41. The second kappa shape index (κ2) is 8.95. The maximum Gasteiger partial charge on any atom is 0.129 e. The Hall–Kier alpha value is 0.170. The Kier molecular flexibility index (Phi) is 14.1. The van der Waals surface area contributed by atoms with Crippen LogP contribution in [0.4, 0.5) is 0 Å². The number of aliphatic hydroxyl groups is 1. The van der Waals surface area contributed by atoms with E-state index in [1.165, 1.54) is 0 Å². The maximum absolute atomic E-state index is 7.90. The lowest BCUT2D eigenvalue weighted by atomic mass is 10.8. The van der Waals surface area contributed by atoms with Crippen LogP contribution in [0.1, 0.15) is 0 Å². The first kappa shape index (κ1) is 9.48. The summed E-state index contributed by atoms with van der Waals surface area (Å²) in [6.07, 6.45) is 0. The van der Waals surface area contributed by atoms with Crippen LogP contribution in [-0.2, 0) is 4.84 Å². The predicted molar refractivity (Wildman–Crippen MR) is 15.9 cm³/mol. The minimum Gasteiger partial charge on any atom is -1.00 e. The highest BCUT2D eigenvalue weighted by molar-refractivity contribution is 4.09. The first-order valence-corrected chi connectivity index (χ1v) is 1.39. The molecule has 0 aliphatic heterocycles. The zero-order valence-corrected chi connectivity index (χ0v) is 4.11. The second-order valence-corrected chi connectivity index (χ2v) is 0.632. The van der Waals surface area contributed by atoms with E-state index in [0.29, 0.717) is 6.61 Å². The van der Waals surface area contributed by atoms with Crippen molar-refractivity contribution in [3.63, 3.8) is 0 Å². The van der Waals surface area contributed by atoms with Gasteiger partial charge in [0.2, 0.25) is 0 Å². The van der Waals surface area contributed by atoms with Crippen LogP contribution in [0.25, 0.3) is 0 Å². The molecule has 6 heavy (non-hydrogen) atoms. The van der Waals surface area contributed by atoms with Gasteiger partial charge in [-0.15, -0.1) is 0 Å². The van der Waals surface area contributed by atoms with Crippen molar-refractivity contribution in [2.75, 3.05) is 13.2 Å². The van der Waals surface area contributed by atoms with Gasteiger partial charge < -0.3 is 17.5 Å². The van der Waals surface area contributed by atoms with E-state index in [2.05, 4.69) is 10.7 Å². The van der Waals surface area contributed by atoms with E-state index < -0.39 is 0 Å². The van der Waals surface area contributed by atoms with E-state index in [1.54, 1.807) is 0 Å². The smallest absolute Gasteiger partial charge is 0.129 e. The highest BCUT2D eigenvalue weighted by Gasteiger charge is 1.71. The molecule has 0 radical (unpaired) electrons. The molecular formula is C2H8ClNO2. The van der Waals surface area contributed by atoms with E-state index in [-0.39, 0.29) is 19.0 Å². The van der Waals surface area contributed by atoms with Crippen molar-refractivity contribution >= 4 is 0 Å². The molecular weight excluding hydrogens is 105 g/mol. The Labute approximate surface area is 42.5 Å². The summed E-state index contributed by atoms with van der Waals surface area (Å²) in [7, 11) is 0. The summed E-state index contributed by atoms with van der Waals surface area (Å²) in [5, 5.41) is 7.90. The summed E-state index contributed by atoms with van der Waals surface area (Å²) in [4.78, 5) is 4.19. The van der Waals surface area contributed by atoms with Crippen LogP contribution in [0, 0.1) is 0 Å². The fourth-order valence-corrected chi connectivity index (χ4v) is 0.0645. The molecule has 40 valence electrons. The van der Waals surface area contributed by atoms with Crippen LogP contribution in [-0.4, -0.2) is 18.3 Å². The van der Waals surface area contributed by atoms with Gasteiger partial charge in [-0.05, 0) is 0 Å². The molecule has 0 saturated carbocycles. The lowest BCUT2D eigenvalue weighted by Gasteiger charge is -1.79. The molecule has 0 aromatic heterocycles. The van der Waals surface area contributed by atoms with Crippen molar-refractivity contribution in [3.05, 3.63) is 0 Å². The van der Waals surface area contributed by atoms with Gasteiger partial charge >= 0.3 is 0 Å². The Bertz CT molecular complexity index is 19.0. The zero-order chi connectivity index (χ0) is 4.12. The molecule has 0 saturated heterocycles. The standard InChI is InChI=1S/C2H8NO2.ClH/c3-5-2-1-4;/h4H,1-2H2,3H3;1H/q+1;/p-1. The van der Waals surface area contributed by atoms with Crippen LogP contribution >= 0.6 is 0 Å². The molecule has 0 unspecified atom stereocenters. The number of quaternary nitrogens is 1. The molecule has 0 fully saturated rings. The molecule has 0 spiro atoms. The van der Waals surface area contributed by atoms with E-state index in [0.717, 1.165) is 0 Å². The van der Waals surface area contributed by atoms with Gasteiger partial charge in [-0.3, -0.25) is 0 Å². The Balaban J connectivity index is 0. The summed E-state index contributed by atoms with van der Waals surface area (Å²) >= 11 is 0. The molecule has 0 bridgehead atoms. The van der Waals surface area contributed by atoms with Crippen LogP contribution in [0.3, 0.4) is 0 Å². The number of halogens is 1. The van der Waals surface area contributed by atoms with Crippen molar-refractivity contribution in [1.29, 1.82) is 0 Å². The zero-order valence-electron chi connectivity index (χ0n) is 3.35. The molecule has 0 amide bonds. The Morgan fingerprint density at radius 3 is 2.17 bits per heavy atom. The molecule has 0 aromatic rings. The maximum atomic E-state index is 7.90. The molecule has 0 aliphatic rings. The van der Waals surface area contributed by atoms with Crippen LogP contribution in [0.5, 0.6) is 0 Å². The van der Waals surface area contributed by atoms with Crippen molar-refractivity contribution in [3.8, 4) is 0 Å². The Morgan fingerprint density at radius 1 is 1.67 bits per heavy atom. The lowest BCUT2D eigenvalue weighted by molar-refractivity contribution is -0.689. The van der Waals surface area contributed by atoms with Gasteiger partial charge in [0.1, 0.15) is 6.61 Å². The van der Waals surface area contributed by atoms with Gasteiger partial charge in [0.15, 0.2) is 0 Å². The van der Waals surface area contributed by atoms with Gasteiger partial charge in [0.05, 0.1) is 6.61 Å². The van der Waals surface area contributed by atoms with Gasteiger partial charge in [0.25, 0.3) is 0 Å². The van der Waals surface area contributed by atoms with Gasteiger partial charge in [-0.2, -0.15) is 0 Å². The van der Waals surface area contributed by atoms with Crippen LogP contribution in [0.2, 0.25) is 0 Å². The highest BCUT2D eigenvalue weighted by Crippen LogP contribution is 1.48. The molecule has 0 heterocycles. The third kappa shape index (κ3) is 8.90. The topological polar surface area (TPSA) is 57.1 Å². The first-order chi connectivity index (χ1) is 2.41. The largest absolute Gasteiger partial charge is 1.00 e. The third-order valence-corrected chi connectivity index (χ3v) is 0.236. The molecule has 4 N–H and O–H groups in total. The first-order valence-electron chi connectivity index (χ1n) is 1.39. The number of aliphatic hydroxyl groups excluding tert-OH is 1. The minimum atomic E-state index is 0. The van der Waals surface area contributed by atoms with Gasteiger partial charge in [0, 0.05) is 0 Å². The molecule has 0 aromatic carbocycles. The van der Waals surface area contributed by atoms with Crippen molar-refractivity contribution in [2.45, 2.75) is 0 Å². The summed E-state index contributed by atoms with van der Waals surface area (Å²) in [5.41, 5.74) is 0. The normalized spacial score (nSPS) is 7.00. The van der Waals surface area contributed by atoms with Gasteiger partial charge in [-0.25, -0.2) is 10.7 Å². The fourth-order valence-electron chi connectivity index (χ4n) is 0.0645. The third-order valence-electron chi connectivity index (χ3n) is 0.236. The summed E-state index contributed by atoms with van der Waals surface area (Å²) in [6.45, 7) is 0.392. The Morgan fingerprint density at radius 2 is 2.17 bits per heavy atom. The molecule has 0 aliphatic carbocycles. The summed E-state index contributed by atoms with van der Waals surface area (Å²) in [5.74, 6) is 3.02. The fraction of sp³-hybridized carbons (Fsp3) is 1.00. The van der Waals surface area contributed by atoms with E-state index in [9.17, 15) is 0 Å². The number of rotatable bonds is 2. The monoisotopic (exact) mass is 113 g/mol. The van der Waals surface area contributed by atoms with Crippen molar-refractivity contribution < 1.29 is 28.2 Å². The highest BCUT2D eigenvalue weighted by atomic mass is 35.5. The van der Waals surface area contributed by atoms with E-state index in [1.807, 2.05) is 0 Å². The van der Waals surface area contributed by atoms with E-state index >= 15 is 0 Å². The van der Waals surface area contributed by atoms with Crippen molar-refractivity contribution in [2.24, 2.45) is 0 Å². The average molecular weight is 114 g/mol. The SMILES string of the molecule is [Cl-].[NH3+]OCCO. The molecule has 0 rings (SSSR count). The van der Waals surface area contributed by atoms with E-state index in [4.69, 9.17) is 5.11 Å². The quantitative estimate of drug-likeness (QED) is 0.353. The minimum absolute atomic E-state index is 0. The summed E-state index contributed by atoms with van der Waals surface area (Å²) in [6, 6.07) is 0. The lowest BCUT2D eigenvalue weighted by Crippen LogP contribution is -3.00. The van der Waals surface area contributed by atoms with Crippen LogP contribution < -0.4 is 18.3 Å². The van der Waals surface area contributed by atoms with Gasteiger partial charge in [-0.1, -0.05) is 0 Å². The predicted octanol–water partition coefficient (Wildman–Crippen LogP) is -4.84. The van der Waals surface area contributed by atoms with Crippen molar-refractivity contribution in [1.82, 2.24) is 0 Å². The summed E-state index contributed by atoms with van der Waals surface area (Å²) < 4.78 is 0. The van der Waals surface area contributed by atoms with Crippen LogP contribution in [0.15, 0.2) is 0 Å². The molecule has 3 nitrogen and oxygen atoms in total. The molecule has 4 heteroatoms. The number of hydrogen-bond donors (Lipinski definition) is 2.